The van der Waals surface area contributed by atoms with Crippen LogP contribution < -0.4 is 0 Å². The lowest BCUT2D eigenvalue weighted by Crippen LogP contribution is -2.48. The zero-order valence-corrected chi connectivity index (χ0v) is 16.0. The number of carbonyl (C=O) groups excluding carboxylic acids is 1. The van der Waals surface area contributed by atoms with E-state index in [0.29, 0.717) is 25.3 Å². The molecule has 1 saturated heterocycles. The summed E-state index contributed by atoms with van der Waals surface area (Å²) in [7, 11) is 1.94. The van der Waals surface area contributed by atoms with Gasteiger partial charge in [0, 0.05) is 45.5 Å². The summed E-state index contributed by atoms with van der Waals surface area (Å²) in [6.45, 7) is 3.65. The number of amides is 1. The Kier molecular flexibility index (Phi) is 5.26. The van der Waals surface area contributed by atoms with Crippen molar-refractivity contribution >= 4 is 5.91 Å². The van der Waals surface area contributed by atoms with Gasteiger partial charge in [0.2, 0.25) is 0 Å². The van der Waals surface area contributed by atoms with Gasteiger partial charge >= 0.3 is 0 Å². The van der Waals surface area contributed by atoms with Crippen LogP contribution in [-0.2, 0) is 13.6 Å². The van der Waals surface area contributed by atoms with Gasteiger partial charge in [-0.3, -0.25) is 9.69 Å². The van der Waals surface area contributed by atoms with Crippen molar-refractivity contribution in [1.29, 1.82) is 0 Å². The van der Waals surface area contributed by atoms with E-state index >= 15 is 0 Å². The third kappa shape index (κ3) is 3.85. The van der Waals surface area contributed by atoms with Gasteiger partial charge in [-0.2, -0.15) is 0 Å². The molecule has 0 N–H and O–H groups in total. The van der Waals surface area contributed by atoms with E-state index in [4.69, 9.17) is 0 Å². The third-order valence-electron chi connectivity index (χ3n) is 5.37. The number of nitrogens with zero attached hydrogens (tertiary/aromatic N) is 3. The molecule has 3 aromatic rings. The van der Waals surface area contributed by atoms with Crippen LogP contribution in [0, 0.1) is 5.82 Å². The normalized spacial score (nSPS) is 15.0. The molecule has 0 saturated carbocycles. The van der Waals surface area contributed by atoms with E-state index in [9.17, 15) is 9.18 Å². The standard InChI is InChI=1S/C23H24FN3O/c1-25-21(19-7-3-2-4-8-19)10-11-22(25)23(28)27-14-12-26(13-15-27)17-18-6-5-9-20(24)16-18/h2-11,16H,12-15,17H2,1H3. The van der Waals surface area contributed by atoms with Crippen LogP contribution in [0.4, 0.5) is 4.39 Å². The summed E-state index contributed by atoms with van der Waals surface area (Å²) in [5, 5.41) is 0. The van der Waals surface area contributed by atoms with Crippen molar-refractivity contribution in [2.45, 2.75) is 6.54 Å². The van der Waals surface area contributed by atoms with Crippen molar-refractivity contribution in [3.05, 3.63) is 83.8 Å². The molecule has 1 fully saturated rings. The minimum atomic E-state index is -0.204. The fraction of sp³-hybridized carbons (Fsp3) is 0.261. The SMILES string of the molecule is Cn1c(C(=O)N2CCN(Cc3cccc(F)c3)CC2)ccc1-c1ccccc1. The van der Waals surface area contributed by atoms with E-state index in [2.05, 4.69) is 17.0 Å². The van der Waals surface area contributed by atoms with Gasteiger partial charge < -0.3 is 9.47 Å². The van der Waals surface area contributed by atoms with E-state index in [-0.39, 0.29) is 11.7 Å². The van der Waals surface area contributed by atoms with E-state index in [0.717, 1.165) is 29.9 Å². The first-order valence-corrected chi connectivity index (χ1v) is 9.59. The van der Waals surface area contributed by atoms with Crippen LogP contribution in [0.2, 0.25) is 0 Å². The average molecular weight is 377 g/mol. The van der Waals surface area contributed by atoms with Crippen LogP contribution in [0.15, 0.2) is 66.7 Å². The summed E-state index contributed by atoms with van der Waals surface area (Å²) in [5.41, 5.74) is 3.81. The van der Waals surface area contributed by atoms with Crippen LogP contribution in [-0.4, -0.2) is 46.5 Å². The van der Waals surface area contributed by atoms with E-state index in [1.807, 2.05) is 52.9 Å². The summed E-state index contributed by atoms with van der Waals surface area (Å²) >= 11 is 0. The van der Waals surface area contributed by atoms with Gasteiger partial charge in [-0.05, 0) is 35.4 Å². The van der Waals surface area contributed by atoms with Crippen molar-refractivity contribution in [2.75, 3.05) is 26.2 Å². The maximum absolute atomic E-state index is 13.4. The highest BCUT2D eigenvalue weighted by molar-refractivity contribution is 5.94. The van der Waals surface area contributed by atoms with Crippen LogP contribution in [0.25, 0.3) is 11.3 Å². The van der Waals surface area contributed by atoms with Gasteiger partial charge in [-0.1, -0.05) is 42.5 Å². The zero-order valence-electron chi connectivity index (χ0n) is 16.0. The molecule has 0 spiro atoms. The van der Waals surface area contributed by atoms with Gasteiger partial charge in [0.15, 0.2) is 0 Å². The number of benzene rings is 2. The second-order valence-corrected chi connectivity index (χ2v) is 7.23. The number of halogens is 1. The van der Waals surface area contributed by atoms with Crippen molar-refractivity contribution < 1.29 is 9.18 Å². The number of aromatic nitrogens is 1. The monoisotopic (exact) mass is 377 g/mol. The Labute approximate surface area is 164 Å². The minimum absolute atomic E-state index is 0.0649. The number of piperazine rings is 1. The highest BCUT2D eigenvalue weighted by Gasteiger charge is 2.24. The Hall–Kier alpha value is -2.92. The predicted molar refractivity (Wildman–Crippen MR) is 108 cm³/mol. The van der Waals surface area contributed by atoms with E-state index in [1.165, 1.54) is 6.07 Å². The molecule has 0 unspecified atom stereocenters. The predicted octanol–water partition coefficient (Wildman–Crippen LogP) is 3.79. The highest BCUT2D eigenvalue weighted by atomic mass is 19.1. The molecule has 0 radical (unpaired) electrons. The Balaban J connectivity index is 1.40. The van der Waals surface area contributed by atoms with Crippen LogP contribution in [0.5, 0.6) is 0 Å². The van der Waals surface area contributed by atoms with Crippen molar-refractivity contribution in [1.82, 2.24) is 14.4 Å². The number of hydrogen-bond donors (Lipinski definition) is 0. The lowest BCUT2D eigenvalue weighted by molar-refractivity contribution is 0.0619. The number of hydrogen-bond acceptors (Lipinski definition) is 2. The second kappa shape index (κ2) is 7.98. The fourth-order valence-corrected chi connectivity index (χ4v) is 3.79. The molecule has 1 aromatic heterocycles. The smallest absolute Gasteiger partial charge is 0.270 e. The first-order valence-electron chi connectivity index (χ1n) is 9.59. The molecule has 4 nitrogen and oxygen atoms in total. The summed E-state index contributed by atoms with van der Waals surface area (Å²) in [5.74, 6) is -0.140. The minimum Gasteiger partial charge on any atom is -0.340 e. The maximum Gasteiger partial charge on any atom is 0.270 e. The molecule has 0 atom stereocenters. The number of carbonyl (C=O) groups is 1. The van der Waals surface area contributed by atoms with Crippen LogP contribution >= 0.6 is 0 Å². The van der Waals surface area contributed by atoms with Crippen LogP contribution in [0.3, 0.4) is 0 Å². The van der Waals surface area contributed by atoms with Gasteiger partial charge in [0.05, 0.1) is 0 Å². The summed E-state index contributed by atoms with van der Waals surface area (Å²) < 4.78 is 15.3. The quantitative estimate of drug-likeness (QED) is 0.692. The van der Waals surface area contributed by atoms with Crippen molar-refractivity contribution in [3.63, 3.8) is 0 Å². The molecule has 5 heteroatoms. The number of rotatable bonds is 4. The molecule has 4 rings (SSSR count). The summed E-state index contributed by atoms with van der Waals surface area (Å²) in [6.07, 6.45) is 0. The molecule has 0 aliphatic carbocycles. The Bertz CT molecular complexity index is 959. The maximum atomic E-state index is 13.4. The van der Waals surface area contributed by atoms with E-state index < -0.39 is 0 Å². The zero-order chi connectivity index (χ0) is 19.5. The lowest BCUT2D eigenvalue weighted by atomic mass is 10.2. The van der Waals surface area contributed by atoms with Crippen molar-refractivity contribution in [3.8, 4) is 11.3 Å². The van der Waals surface area contributed by atoms with Crippen LogP contribution in [0.1, 0.15) is 16.1 Å². The topological polar surface area (TPSA) is 28.5 Å². The molecular formula is C23H24FN3O. The molecule has 1 amide bonds. The molecule has 28 heavy (non-hydrogen) atoms. The first-order chi connectivity index (χ1) is 13.6. The van der Waals surface area contributed by atoms with Gasteiger partial charge in [-0.15, -0.1) is 0 Å². The van der Waals surface area contributed by atoms with Gasteiger partial charge in [0.1, 0.15) is 11.5 Å². The Morgan fingerprint density at radius 2 is 1.68 bits per heavy atom. The second-order valence-electron chi connectivity index (χ2n) is 7.23. The average Bonchev–Trinajstić information content (AvgIpc) is 3.10. The summed E-state index contributed by atoms with van der Waals surface area (Å²) in [6, 6.07) is 20.7. The largest absolute Gasteiger partial charge is 0.340 e. The Morgan fingerprint density at radius 3 is 2.39 bits per heavy atom. The van der Waals surface area contributed by atoms with Gasteiger partial charge in [0.25, 0.3) is 5.91 Å². The Morgan fingerprint density at radius 1 is 0.929 bits per heavy atom. The molecule has 1 aliphatic rings. The molecule has 144 valence electrons. The first kappa shape index (κ1) is 18.4. The molecule has 1 aliphatic heterocycles. The lowest BCUT2D eigenvalue weighted by Gasteiger charge is -2.34. The highest BCUT2D eigenvalue weighted by Crippen LogP contribution is 2.22. The van der Waals surface area contributed by atoms with Gasteiger partial charge in [-0.25, -0.2) is 4.39 Å². The molecule has 2 heterocycles. The van der Waals surface area contributed by atoms with E-state index in [1.54, 1.807) is 12.1 Å². The van der Waals surface area contributed by atoms with Crippen molar-refractivity contribution in [2.24, 2.45) is 7.05 Å². The summed E-state index contributed by atoms with van der Waals surface area (Å²) in [4.78, 5) is 17.2. The fourth-order valence-electron chi connectivity index (χ4n) is 3.79. The molecule has 0 bridgehead atoms. The molecular weight excluding hydrogens is 353 g/mol. The molecule has 2 aromatic carbocycles. The third-order valence-corrected chi connectivity index (χ3v) is 5.37.